The Morgan fingerprint density at radius 3 is 2.67 bits per heavy atom. The predicted molar refractivity (Wildman–Crippen MR) is 71.6 cm³/mol. The van der Waals surface area contributed by atoms with Crippen molar-refractivity contribution < 1.29 is 4.52 Å². The SMILES string of the molecule is CCN(CC)c1noc(-c2csc(C(C)N)n2)n1. The van der Waals surface area contributed by atoms with E-state index in [1.165, 1.54) is 11.3 Å². The molecular weight excluding hydrogens is 250 g/mol. The molecule has 98 valence electrons. The van der Waals surface area contributed by atoms with E-state index in [4.69, 9.17) is 10.3 Å². The van der Waals surface area contributed by atoms with Crippen LogP contribution in [0.5, 0.6) is 0 Å². The lowest BCUT2D eigenvalue weighted by molar-refractivity contribution is 0.428. The molecule has 18 heavy (non-hydrogen) atoms. The zero-order chi connectivity index (χ0) is 13.1. The molecule has 0 aliphatic rings. The molecule has 2 rings (SSSR count). The molecule has 7 heteroatoms. The minimum atomic E-state index is -0.0751. The van der Waals surface area contributed by atoms with Gasteiger partial charge < -0.3 is 15.2 Å². The number of nitrogens with two attached hydrogens (primary N) is 1. The van der Waals surface area contributed by atoms with Crippen molar-refractivity contribution in [2.45, 2.75) is 26.8 Å². The van der Waals surface area contributed by atoms with Crippen molar-refractivity contribution >= 4 is 17.3 Å². The number of rotatable bonds is 5. The van der Waals surface area contributed by atoms with Crippen LogP contribution in [0.2, 0.25) is 0 Å². The van der Waals surface area contributed by atoms with E-state index < -0.39 is 0 Å². The molecule has 0 radical (unpaired) electrons. The van der Waals surface area contributed by atoms with E-state index in [-0.39, 0.29) is 6.04 Å². The Morgan fingerprint density at radius 2 is 2.11 bits per heavy atom. The second-order valence-corrected chi connectivity index (χ2v) is 4.82. The maximum atomic E-state index is 5.77. The minimum absolute atomic E-state index is 0.0751. The van der Waals surface area contributed by atoms with Gasteiger partial charge in [-0.1, -0.05) is 0 Å². The van der Waals surface area contributed by atoms with Crippen molar-refractivity contribution in [1.29, 1.82) is 0 Å². The third kappa shape index (κ3) is 2.51. The predicted octanol–water partition coefficient (Wildman–Crippen LogP) is 2.06. The molecule has 6 nitrogen and oxygen atoms in total. The molecule has 2 aromatic heterocycles. The summed E-state index contributed by atoms with van der Waals surface area (Å²) < 4.78 is 5.23. The van der Waals surface area contributed by atoms with E-state index in [2.05, 4.69) is 29.0 Å². The van der Waals surface area contributed by atoms with E-state index in [0.717, 1.165) is 18.1 Å². The van der Waals surface area contributed by atoms with Gasteiger partial charge in [-0.05, 0) is 25.9 Å². The third-order valence-electron chi connectivity index (χ3n) is 2.59. The Hall–Kier alpha value is -1.47. The third-order valence-corrected chi connectivity index (χ3v) is 3.64. The lowest BCUT2D eigenvalue weighted by Gasteiger charge is -2.14. The van der Waals surface area contributed by atoms with Gasteiger partial charge in [-0.15, -0.1) is 11.3 Å². The molecule has 1 unspecified atom stereocenters. The quantitative estimate of drug-likeness (QED) is 0.893. The van der Waals surface area contributed by atoms with Crippen molar-refractivity contribution in [3.05, 3.63) is 10.4 Å². The summed E-state index contributed by atoms with van der Waals surface area (Å²) in [4.78, 5) is 10.7. The molecule has 0 saturated heterocycles. The van der Waals surface area contributed by atoms with Crippen LogP contribution in [0, 0.1) is 0 Å². The normalized spacial score (nSPS) is 12.7. The van der Waals surface area contributed by atoms with Crippen LogP contribution in [-0.2, 0) is 0 Å². The summed E-state index contributed by atoms with van der Waals surface area (Å²) in [6.45, 7) is 7.69. The van der Waals surface area contributed by atoms with Gasteiger partial charge in [-0.25, -0.2) is 4.98 Å². The Balaban J connectivity index is 2.23. The standard InChI is InChI=1S/C11H17N5OS/c1-4-16(5-2)11-14-9(17-15-11)8-6-18-10(13-8)7(3)12/h6-7H,4-5,12H2,1-3H3. The first kappa shape index (κ1) is 13.0. The maximum Gasteiger partial charge on any atom is 0.278 e. The summed E-state index contributed by atoms with van der Waals surface area (Å²) in [7, 11) is 0. The Kier molecular flexibility index (Phi) is 3.93. The summed E-state index contributed by atoms with van der Waals surface area (Å²) in [6, 6.07) is -0.0751. The maximum absolute atomic E-state index is 5.77. The van der Waals surface area contributed by atoms with Gasteiger partial charge in [-0.3, -0.25) is 0 Å². The minimum Gasteiger partial charge on any atom is -0.339 e. The second kappa shape index (κ2) is 5.45. The van der Waals surface area contributed by atoms with Gasteiger partial charge in [0.1, 0.15) is 10.7 Å². The summed E-state index contributed by atoms with van der Waals surface area (Å²) in [5, 5.41) is 6.72. The molecule has 0 aromatic carbocycles. The average Bonchev–Trinajstić information content (AvgIpc) is 2.98. The number of thiazole rings is 1. The molecule has 0 amide bonds. The summed E-state index contributed by atoms with van der Waals surface area (Å²) in [6.07, 6.45) is 0. The van der Waals surface area contributed by atoms with Crippen molar-refractivity contribution in [1.82, 2.24) is 15.1 Å². The highest BCUT2D eigenvalue weighted by atomic mass is 32.1. The molecular formula is C11H17N5OS. The summed E-state index contributed by atoms with van der Waals surface area (Å²) in [5.74, 6) is 1.05. The average molecular weight is 267 g/mol. The van der Waals surface area contributed by atoms with Crippen LogP contribution in [-0.4, -0.2) is 28.2 Å². The van der Waals surface area contributed by atoms with Crippen LogP contribution < -0.4 is 10.6 Å². The molecule has 0 bridgehead atoms. The van der Waals surface area contributed by atoms with Crippen LogP contribution in [0.3, 0.4) is 0 Å². The van der Waals surface area contributed by atoms with Crippen LogP contribution in [0.1, 0.15) is 31.8 Å². The van der Waals surface area contributed by atoms with Gasteiger partial charge in [0.2, 0.25) is 0 Å². The van der Waals surface area contributed by atoms with Crippen molar-refractivity contribution in [2.24, 2.45) is 5.73 Å². The lowest BCUT2D eigenvalue weighted by atomic mass is 10.4. The zero-order valence-corrected chi connectivity index (χ0v) is 11.6. The Morgan fingerprint density at radius 1 is 1.39 bits per heavy atom. The van der Waals surface area contributed by atoms with E-state index >= 15 is 0 Å². The molecule has 2 N–H and O–H groups in total. The number of aromatic nitrogens is 3. The Labute approximate surface area is 110 Å². The molecule has 0 aliphatic carbocycles. The zero-order valence-electron chi connectivity index (χ0n) is 10.8. The highest BCUT2D eigenvalue weighted by Gasteiger charge is 2.16. The lowest BCUT2D eigenvalue weighted by Crippen LogP contribution is -2.22. The van der Waals surface area contributed by atoms with Crippen molar-refractivity contribution in [2.75, 3.05) is 18.0 Å². The number of hydrogen-bond donors (Lipinski definition) is 1. The first-order valence-electron chi connectivity index (χ1n) is 5.95. The summed E-state index contributed by atoms with van der Waals surface area (Å²) in [5.41, 5.74) is 6.47. The smallest absolute Gasteiger partial charge is 0.278 e. The Bertz CT molecular complexity index is 503. The highest BCUT2D eigenvalue weighted by molar-refractivity contribution is 7.10. The molecule has 0 spiro atoms. The monoisotopic (exact) mass is 267 g/mol. The fourth-order valence-electron chi connectivity index (χ4n) is 1.55. The van der Waals surface area contributed by atoms with E-state index in [1.807, 2.05) is 17.2 Å². The summed E-state index contributed by atoms with van der Waals surface area (Å²) >= 11 is 1.50. The van der Waals surface area contributed by atoms with Crippen molar-refractivity contribution in [3.8, 4) is 11.6 Å². The molecule has 1 atom stereocenters. The second-order valence-electron chi connectivity index (χ2n) is 3.93. The first-order chi connectivity index (χ1) is 8.65. The van der Waals surface area contributed by atoms with E-state index in [9.17, 15) is 0 Å². The van der Waals surface area contributed by atoms with Gasteiger partial charge in [0.25, 0.3) is 11.8 Å². The molecule has 0 saturated carbocycles. The number of anilines is 1. The highest BCUT2D eigenvalue weighted by Crippen LogP contribution is 2.24. The van der Waals surface area contributed by atoms with Gasteiger partial charge in [0.15, 0.2) is 0 Å². The van der Waals surface area contributed by atoms with Gasteiger partial charge in [-0.2, -0.15) is 4.98 Å². The largest absolute Gasteiger partial charge is 0.339 e. The van der Waals surface area contributed by atoms with Crippen LogP contribution in [0.15, 0.2) is 9.90 Å². The number of hydrogen-bond acceptors (Lipinski definition) is 7. The molecule has 0 fully saturated rings. The van der Waals surface area contributed by atoms with Crippen molar-refractivity contribution in [3.63, 3.8) is 0 Å². The first-order valence-corrected chi connectivity index (χ1v) is 6.83. The van der Waals surface area contributed by atoms with E-state index in [0.29, 0.717) is 17.5 Å². The van der Waals surface area contributed by atoms with Crippen LogP contribution in [0.4, 0.5) is 5.95 Å². The fraction of sp³-hybridized carbons (Fsp3) is 0.545. The van der Waals surface area contributed by atoms with Gasteiger partial charge >= 0.3 is 0 Å². The fourth-order valence-corrected chi connectivity index (χ4v) is 2.30. The number of nitrogens with zero attached hydrogens (tertiary/aromatic N) is 4. The van der Waals surface area contributed by atoms with E-state index in [1.54, 1.807) is 0 Å². The topological polar surface area (TPSA) is 81.1 Å². The van der Waals surface area contributed by atoms with Crippen LogP contribution in [0.25, 0.3) is 11.6 Å². The van der Waals surface area contributed by atoms with Crippen LogP contribution >= 0.6 is 11.3 Å². The molecule has 2 heterocycles. The molecule has 0 aliphatic heterocycles. The van der Waals surface area contributed by atoms with Gasteiger partial charge in [0, 0.05) is 18.5 Å². The van der Waals surface area contributed by atoms with Gasteiger partial charge in [0.05, 0.1) is 6.04 Å². The molecule has 2 aromatic rings.